The second kappa shape index (κ2) is 4.01. The minimum Gasteiger partial charge on any atom is -0.279 e. The van der Waals surface area contributed by atoms with Gasteiger partial charge in [0.25, 0.3) is 0 Å². The summed E-state index contributed by atoms with van der Waals surface area (Å²) in [6.45, 7) is 0. The van der Waals surface area contributed by atoms with E-state index in [9.17, 15) is 4.79 Å². The zero-order chi connectivity index (χ0) is 12.5. The lowest BCUT2D eigenvalue weighted by molar-refractivity contribution is 0.105. The highest BCUT2D eigenvalue weighted by atomic mass is 16.1. The van der Waals surface area contributed by atoms with Gasteiger partial charge in [0.05, 0.1) is 0 Å². The van der Waals surface area contributed by atoms with Crippen LogP contribution in [0.1, 0.15) is 10.4 Å². The SMILES string of the molecule is C#CC(=O)c1cc2ccccc2c2ccccc12. The van der Waals surface area contributed by atoms with Crippen molar-refractivity contribution < 1.29 is 4.79 Å². The number of rotatable bonds is 1. The van der Waals surface area contributed by atoms with Gasteiger partial charge in [0.1, 0.15) is 0 Å². The van der Waals surface area contributed by atoms with Crippen molar-refractivity contribution in [3.63, 3.8) is 0 Å². The Morgan fingerprint density at radius 3 is 2.22 bits per heavy atom. The van der Waals surface area contributed by atoms with E-state index in [1.54, 1.807) is 0 Å². The number of carbonyl (C=O) groups excluding carboxylic acids is 1. The van der Waals surface area contributed by atoms with Crippen molar-refractivity contribution in [2.75, 3.05) is 0 Å². The number of terminal acetylenes is 1. The highest BCUT2D eigenvalue weighted by molar-refractivity contribution is 6.21. The highest BCUT2D eigenvalue weighted by Crippen LogP contribution is 2.28. The third kappa shape index (κ3) is 1.48. The van der Waals surface area contributed by atoms with Gasteiger partial charge >= 0.3 is 0 Å². The maximum atomic E-state index is 11.8. The monoisotopic (exact) mass is 230 g/mol. The molecular weight excluding hydrogens is 220 g/mol. The molecule has 1 nitrogen and oxygen atoms in total. The average molecular weight is 230 g/mol. The van der Waals surface area contributed by atoms with E-state index in [4.69, 9.17) is 6.42 Å². The maximum Gasteiger partial charge on any atom is 0.236 e. The quantitative estimate of drug-likeness (QED) is 0.269. The first kappa shape index (κ1) is 10.6. The van der Waals surface area contributed by atoms with E-state index in [1.165, 1.54) is 0 Å². The van der Waals surface area contributed by atoms with Gasteiger partial charge in [-0.25, -0.2) is 0 Å². The van der Waals surface area contributed by atoms with Gasteiger partial charge in [-0.1, -0.05) is 48.5 Å². The molecule has 3 rings (SSSR count). The van der Waals surface area contributed by atoms with E-state index < -0.39 is 0 Å². The standard InChI is InChI=1S/C17H10O/c1-2-17(18)16-11-12-7-3-4-8-13(12)14-9-5-6-10-15(14)16/h1,3-11H. The van der Waals surface area contributed by atoms with Crippen LogP contribution in [0.3, 0.4) is 0 Å². The largest absolute Gasteiger partial charge is 0.279 e. The van der Waals surface area contributed by atoms with Crippen LogP contribution in [0.15, 0.2) is 54.6 Å². The van der Waals surface area contributed by atoms with Gasteiger partial charge in [0.15, 0.2) is 0 Å². The fraction of sp³-hybridized carbons (Fsp3) is 0. The molecule has 0 radical (unpaired) electrons. The van der Waals surface area contributed by atoms with Crippen molar-refractivity contribution in [2.24, 2.45) is 0 Å². The zero-order valence-electron chi connectivity index (χ0n) is 9.68. The number of Topliss-reactive ketones (excluding diaryl/α,β-unsaturated/α-hetero) is 1. The normalized spacial score (nSPS) is 10.4. The van der Waals surface area contributed by atoms with Crippen LogP contribution in [0.25, 0.3) is 21.5 Å². The molecule has 18 heavy (non-hydrogen) atoms. The molecule has 0 N–H and O–H groups in total. The Morgan fingerprint density at radius 2 is 1.50 bits per heavy atom. The van der Waals surface area contributed by atoms with Crippen LogP contribution >= 0.6 is 0 Å². The first-order valence-electron chi connectivity index (χ1n) is 5.72. The lowest BCUT2D eigenvalue weighted by Gasteiger charge is -2.07. The van der Waals surface area contributed by atoms with Crippen molar-refractivity contribution in [1.82, 2.24) is 0 Å². The maximum absolute atomic E-state index is 11.8. The molecule has 3 aromatic rings. The molecule has 0 aliphatic rings. The summed E-state index contributed by atoms with van der Waals surface area (Å²) >= 11 is 0. The first-order chi connectivity index (χ1) is 8.81. The number of hydrogen-bond acceptors (Lipinski definition) is 1. The summed E-state index contributed by atoms with van der Waals surface area (Å²) in [5, 5.41) is 4.16. The second-order valence-corrected chi connectivity index (χ2v) is 4.16. The van der Waals surface area contributed by atoms with Crippen LogP contribution in [0, 0.1) is 12.3 Å². The third-order valence-electron chi connectivity index (χ3n) is 3.14. The van der Waals surface area contributed by atoms with Crippen LogP contribution in [0.5, 0.6) is 0 Å². The molecule has 3 aromatic carbocycles. The van der Waals surface area contributed by atoms with Gasteiger partial charge in [0.2, 0.25) is 5.78 Å². The molecule has 0 aliphatic heterocycles. The van der Waals surface area contributed by atoms with E-state index in [0.717, 1.165) is 21.5 Å². The molecule has 0 atom stereocenters. The Hall–Kier alpha value is -2.59. The summed E-state index contributed by atoms with van der Waals surface area (Å²) in [5.41, 5.74) is 0.604. The van der Waals surface area contributed by atoms with Crippen LogP contribution in [-0.2, 0) is 0 Å². The van der Waals surface area contributed by atoms with Crippen LogP contribution < -0.4 is 0 Å². The smallest absolute Gasteiger partial charge is 0.236 e. The molecule has 0 saturated heterocycles. The van der Waals surface area contributed by atoms with Crippen LogP contribution in [0.2, 0.25) is 0 Å². The Labute approximate surface area is 105 Å². The zero-order valence-corrected chi connectivity index (χ0v) is 9.68. The topological polar surface area (TPSA) is 17.1 Å². The molecule has 84 valence electrons. The molecule has 0 fully saturated rings. The van der Waals surface area contributed by atoms with Gasteiger partial charge in [-0.3, -0.25) is 4.79 Å². The summed E-state index contributed by atoms with van der Waals surface area (Å²) in [5.74, 6) is 1.93. The molecule has 1 heteroatoms. The van der Waals surface area contributed by atoms with E-state index in [-0.39, 0.29) is 5.78 Å². The summed E-state index contributed by atoms with van der Waals surface area (Å²) < 4.78 is 0. The molecule has 0 heterocycles. The molecule has 0 bridgehead atoms. The summed E-state index contributed by atoms with van der Waals surface area (Å²) in [6, 6.07) is 17.7. The van der Waals surface area contributed by atoms with Crippen LogP contribution in [0.4, 0.5) is 0 Å². The highest BCUT2D eigenvalue weighted by Gasteiger charge is 2.10. The average Bonchev–Trinajstić information content (AvgIpc) is 2.45. The lowest BCUT2D eigenvalue weighted by atomic mass is 9.95. The van der Waals surface area contributed by atoms with Crippen molar-refractivity contribution >= 4 is 27.3 Å². The fourth-order valence-electron chi connectivity index (χ4n) is 2.32. The number of hydrogen-bond donors (Lipinski definition) is 0. The molecule has 0 unspecified atom stereocenters. The van der Waals surface area contributed by atoms with Crippen molar-refractivity contribution in [3.8, 4) is 12.3 Å². The number of benzene rings is 3. The Morgan fingerprint density at radius 1 is 0.889 bits per heavy atom. The van der Waals surface area contributed by atoms with Gasteiger partial charge in [-0.05, 0) is 33.5 Å². The van der Waals surface area contributed by atoms with Gasteiger partial charge in [-0.2, -0.15) is 0 Å². The molecule has 0 saturated carbocycles. The van der Waals surface area contributed by atoms with E-state index in [1.807, 2.05) is 48.5 Å². The second-order valence-electron chi connectivity index (χ2n) is 4.16. The molecule has 0 aliphatic carbocycles. The van der Waals surface area contributed by atoms with E-state index in [2.05, 4.69) is 12.0 Å². The third-order valence-corrected chi connectivity index (χ3v) is 3.14. The Bertz CT molecular complexity index is 807. The van der Waals surface area contributed by atoms with Gasteiger partial charge in [-0.15, -0.1) is 6.42 Å². The number of carbonyl (C=O) groups is 1. The number of fused-ring (bicyclic) bond motifs is 3. The lowest BCUT2D eigenvalue weighted by Crippen LogP contribution is -1.96. The predicted octanol–water partition coefficient (Wildman–Crippen LogP) is 3.81. The van der Waals surface area contributed by atoms with E-state index >= 15 is 0 Å². The molecule has 0 aromatic heterocycles. The predicted molar refractivity (Wildman–Crippen MR) is 74.6 cm³/mol. The minimum absolute atomic E-state index is 0.267. The molecule has 0 amide bonds. The number of ketones is 1. The first-order valence-corrected chi connectivity index (χ1v) is 5.72. The van der Waals surface area contributed by atoms with Crippen molar-refractivity contribution in [1.29, 1.82) is 0 Å². The molecule has 0 spiro atoms. The van der Waals surface area contributed by atoms with Crippen molar-refractivity contribution in [2.45, 2.75) is 0 Å². The summed E-state index contributed by atoms with van der Waals surface area (Å²) in [4.78, 5) is 11.8. The van der Waals surface area contributed by atoms with Crippen LogP contribution in [-0.4, -0.2) is 5.78 Å². The Balaban J connectivity index is 2.55. The fourth-order valence-corrected chi connectivity index (χ4v) is 2.32. The van der Waals surface area contributed by atoms with E-state index in [0.29, 0.717) is 5.56 Å². The Kier molecular flexibility index (Phi) is 2.35. The van der Waals surface area contributed by atoms with Gasteiger partial charge in [0, 0.05) is 5.56 Å². The van der Waals surface area contributed by atoms with Crippen molar-refractivity contribution in [3.05, 3.63) is 60.2 Å². The molecular formula is C17H10O. The summed E-state index contributed by atoms with van der Waals surface area (Å²) in [7, 11) is 0. The minimum atomic E-state index is -0.267. The van der Waals surface area contributed by atoms with Gasteiger partial charge < -0.3 is 0 Å². The summed E-state index contributed by atoms with van der Waals surface area (Å²) in [6.07, 6.45) is 5.24.